The van der Waals surface area contributed by atoms with E-state index in [9.17, 15) is 24.8 Å². The van der Waals surface area contributed by atoms with Crippen LogP contribution in [0.3, 0.4) is 0 Å². The number of amides is 2. The van der Waals surface area contributed by atoms with E-state index in [1.54, 1.807) is 27.6 Å². The maximum Gasteiger partial charge on any atom is 0.412 e. The second-order valence-electron chi connectivity index (χ2n) is 7.81. The number of nitro benzene ring substituents is 1. The van der Waals surface area contributed by atoms with Gasteiger partial charge in [-0.3, -0.25) is 19.9 Å². The van der Waals surface area contributed by atoms with Crippen LogP contribution >= 0.6 is 22.7 Å². The number of hydrogen-bond donors (Lipinski definition) is 1. The first-order valence-electron chi connectivity index (χ1n) is 11.1. The molecule has 1 atom stereocenters. The Balaban J connectivity index is 1.76. The van der Waals surface area contributed by atoms with Crippen LogP contribution in [0.2, 0.25) is 0 Å². The second-order valence-corrected chi connectivity index (χ2v) is 9.88. The summed E-state index contributed by atoms with van der Waals surface area (Å²) < 4.78 is 5.66. The van der Waals surface area contributed by atoms with Crippen LogP contribution < -0.4 is 4.90 Å². The van der Waals surface area contributed by atoms with Gasteiger partial charge < -0.3 is 9.84 Å². The van der Waals surface area contributed by atoms with Crippen molar-refractivity contribution in [2.24, 2.45) is 0 Å². The monoisotopic (exact) mass is 517 g/mol. The number of nitrogens with zero attached hydrogens (tertiary/aromatic N) is 3. The summed E-state index contributed by atoms with van der Waals surface area (Å²) >= 11 is 3.09. The molecule has 0 saturated carbocycles. The Morgan fingerprint density at radius 1 is 1.06 bits per heavy atom. The molecule has 0 spiro atoms. The largest absolute Gasteiger partial charge is 0.465 e. The number of carboxylic acid groups (broad SMARTS) is 1. The molecule has 2 aromatic heterocycles. The van der Waals surface area contributed by atoms with E-state index < -0.39 is 23.2 Å². The fraction of sp³-hybridized carbons (Fsp3) is 0.333. The molecule has 35 heavy (non-hydrogen) atoms. The van der Waals surface area contributed by atoms with Gasteiger partial charge in [0.15, 0.2) is 0 Å². The first kappa shape index (κ1) is 26.2. The van der Waals surface area contributed by atoms with Crippen molar-refractivity contribution >= 4 is 46.2 Å². The minimum atomic E-state index is -1.22. The van der Waals surface area contributed by atoms with Crippen molar-refractivity contribution in [1.29, 1.82) is 0 Å². The van der Waals surface area contributed by atoms with Crippen LogP contribution in [0.5, 0.6) is 0 Å². The molecule has 1 N–H and O–H groups in total. The molecule has 3 aromatic rings. The van der Waals surface area contributed by atoms with Crippen molar-refractivity contribution in [3.8, 4) is 0 Å². The van der Waals surface area contributed by atoms with Crippen LogP contribution in [0.25, 0.3) is 0 Å². The van der Waals surface area contributed by atoms with E-state index in [1.165, 1.54) is 24.3 Å². The number of benzene rings is 1. The molecule has 0 radical (unpaired) electrons. The molecular weight excluding hydrogens is 490 g/mol. The molecule has 9 nitrogen and oxygen atoms in total. The van der Waals surface area contributed by atoms with Gasteiger partial charge in [0.1, 0.15) is 6.61 Å². The summed E-state index contributed by atoms with van der Waals surface area (Å²) in [6.45, 7) is 2.63. The lowest BCUT2D eigenvalue weighted by molar-refractivity contribution is -0.384. The van der Waals surface area contributed by atoms with Gasteiger partial charge in [-0.15, -0.1) is 22.7 Å². The number of hydrogen-bond acceptors (Lipinski definition) is 7. The van der Waals surface area contributed by atoms with Crippen molar-refractivity contribution < 1.29 is 24.4 Å². The molecule has 2 heterocycles. The van der Waals surface area contributed by atoms with Gasteiger partial charge in [-0.2, -0.15) is 0 Å². The smallest absolute Gasteiger partial charge is 0.412 e. The third-order valence-corrected chi connectivity index (χ3v) is 7.03. The number of rotatable bonds is 12. The molecule has 1 unspecified atom stereocenters. The number of thiophene rings is 2. The summed E-state index contributed by atoms with van der Waals surface area (Å²) in [5, 5.41) is 24.8. The third kappa shape index (κ3) is 7.52. The lowest BCUT2D eigenvalue weighted by Crippen LogP contribution is -2.44. The molecule has 0 aliphatic heterocycles. The van der Waals surface area contributed by atoms with Gasteiger partial charge in [-0.25, -0.2) is 9.59 Å². The van der Waals surface area contributed by atoms with Crippen molar-refractivity contribution in [2.75, 3.05) is 11.5 Å². The predicted octanol–water partition coefficient (Wildman–Crippen LogP) is 6.60. The average molecular weight is 518 g/mol. The Kier molecular flexibility index (Phi) is 9.62. The molecule has 11 heteroatoms. The van der Waals surface area contributed by atoms with Crippen molar-refractivity contribution in [3.05, 3.63) is 79.2 Å². The minimum Gasteiger partial charge on any atom is -0.465 e. The van der Waals surface area contributed by atoms with Crippen LogP contribution in [0.15, 0.2) is 59.3 Å². The van der Waals surface area contributed by atoms with E-state index in [1.807, 2.05) is 41.9 Å². The number of anilines is 1. The quantitative estimate of drug-likeness (QED) is 0.214. The van der Waals surface area contributed by atoms with Gasteiger partial charge in [0.2, 0.25) is 0 Å². The number of carbonyl (C=O) groups is 2. The van der Waals surface area contributed by atoms with Crippen LogP contribution in [0, 0.1) is 10.1 Å². The molecule has 0 saturated heterocycles. The first-order valence-corrected chi connectivity index (χ1v) is 12.9. The topological polar surface area (TPSA) is 113 Å². The van der Waals surface area contributed by atoms with Gasteiger partial charge in [0.05, 0.1) is 24.1 Å². The summed E-state index contributed by atoms with van der Waals surface area (Å²) in [5.74, 6) is 0. The zero-order chi connectivity index (χ0) is 25.2. The highest BCUT2D eigenvalue weighted by Gasteiger charge is 2.28. The fourth-order valence-electron chi connectivity index (χ4n) is 3.56. The summed E-state index contributed by atoms with van der Waals surface area (Å²) in [7, 11) is 0. The Hall–Kier alpha value is -3.44. The molecule has 0 aliphatic rings. The standard InChI is InChI=1S/C24H27N3O6S2/c1-2-3-6-20(26(23(28)29)18-9-11-19(12-10-18)27(31)32)17-33-24(30)25(15-21-7-4-13-34-21)16-22-8-5-14-35-22/h4-5,7-14,20H,2-3,6,15-17H2,1H3,(H,28,29). The molecular formula is C24H27N3O6S2. The Bertz CT molecular complexity index is 1050. The Morgan fingerprint density at radius 3 is 2.11 bits per heavy atom. The normalized spacial score (nSPS) is 11.6. The van der Waals surface area contributed by atoms with Crippen molar-refractivity contribution in [1.82, 2.24) is 4.90 Å². The number of nitro groups is 1. The zero-order valence-electron chi connectivity index (χ0n) is 19.2. The minimum absolute atomic E-state index is 0.131. The molecule has 186 valence electrons. The van der Waals surface area contributed by atoms with E-state index in [2.05, 4.69) is 0 Å². The summed E-state index contributed by atoms with van der Waals surface area (Å²) in [5.41, 5.74) is 0.155. The fourth-order valence-corrected chi connectivity index (χ4v) is 5.00. The highest BCUT2D eigenvalue weighted by Crippen LogP contribution is 2.24. The van der Waals surface area contributed by atoms with E-state index in [0.717, 1.165) is 27.5 Å². The van der Waals surface area contributed by atoms with Crippen LogP contribution in [-0.2, 0) is 17.8 Å². The zero-order valence-corrected chi connectivity index (χ0v) is 20.9. The highest BCUT2D eigenvalue weighted by molar-refractivity contribution is 7.10. The number of unbranched alkanes of at least 4 members (excludes halogenated alkanes) is 1. The third-order valence-electron chi connectivity index (χ3n) is 5.31. The van der Waals surface area contributed by atoms with Crippen molar-refractivity contribution in [3.63, 3.8) is 0 Å². The van der Waals surface area contributed by atoms with E-state index >= 15 is 0 Å². The summed E-state index contributed by atoms with van der Waals surface area (Å²) in [4.78, 5) is 40.4. The lowest BCUT2D eigenvalue weighted by Gasteiger charge is -2.30. The number of carbonyl (C=O) groups excluding carboxylic acids is 1. The molecule has 0 aliphatic carbocycles. The van der Waals surface area contributed by atoms with Gasteiger partial charge in [0, 0.05) is 27.6 Å². The lowest BCUT2D eigenvalue weighted by atomic mass is 10.1. The predicted molar refractivity (Wildman–Crippen MR) is 136 cm³/mol. The number of ether oxygens (including phenoxy) is 1. The van der Waals surface area contributed by atoms with E-state index in [-0.39, 0.29) is 18.0 Å². The van der Waals surface area contributed by atoms with Gasteiger partial charge in [-0.05, 0) is 41.4 Å². The van der Waals surface area contributed by atoms with Crippen LogP contribution in [0.1, 0.15) is 35.9 Å². The molecule has 1 aromatic carbocycles. The number of non-ortho nitro benzene ring substituents is 1. The molecule has 0 bridgehead atoms. The average Bonchev–Trinajstić information content (AvgIpc) is 3.54. The summed E-state index contributed by atoms with van der Waals surface area (Å²) in [6, 6.07) is 12.4. The maximum atomic E-state index is 13.1. The van der Waals surface area contributed by atoms with Gasteiger partial charge in [-0.1, -0.05) is 31.9 Å². The summed E-state index contributed by atoms with van der Waals surface area (Å²) in [6.07, 6.45) is 0.296. The molecule has 2 amide bonds. The van der Waals surface area contributed by atoms with Crippen LogP contribution in [-0.4, -0.2) is 39.8 Å². The molecule has 0 fully saturated rings. The van der Waals surface area contributed by atoms with Gasteiger partial charge >= 0.3 is 12.2 Å². The van der Waals surface area contributed by atoms with E-state index in [4.69, 9.17) is 4.74 Å². The van der Waals surface area contributed by atoms with Gasteiger partial charge in [0.25, 0.3) is 5.69 Å². The first-order chi connectivity index (χ1) is 16.9. The van der Waals surface area contributed by atoms with Crippen molar-refractivity contribution in [2.45, 2.75) is 45.3 Å². The maximum absolute atomic E-state index is 13.1. The molecule has 3 rings (SSSR count). The Labute approximate surface area is 211 Å². The SMILES string of the molecule is CCCCC(COC(=O)N(Cc1cccs1)Cc1cccs1)N(C(=O)O)c1ccc([N+](=O)[O-])cc1. The van der Waals surface area contributed by atoms with Crippen LogP contribution in [0.4, 0.5) is 21.0 Å². The highest BCUT2D eigenvalue weighted by atomic mass is 32.1. The van der Waals surface area contributed by atoms with E-state index in [0.29, 0.717) is 19.5 Å². The second kappa shape index (κ2) is 12.9. The Morgan fingerprint density at radius 2 is 1.66 bits per heavy atom.